The van der Waals surface area contributed by atoms with Crippen LogP contribution in [0.25, 0.3) is 0 Å². The van der Waals surface area contributed by atoms with Gasteiger partial charge >= 0.3 is 0 Å². The molecule has 100 valence electrons. The molecule has 2 nitrogen and oxygen atoms in total. The Kier molecular flexibility index (Phi) is 3.67. The Morgan fingerprint density at radius 2 is 2.26 bits per heavy atom. The first-order chi connectivity index (χ1) is 9.24. The molecule has 1 aromatic heterocycles. The molecule has 2 aromatic rings. The van der Waals surface area contributed by atoms with Crippen molar-refractivity contribution in [2.45, 2.75) is 44.6 Å². The normalized spacial score (nSPS) is 20.0. The molecule has 0 amide bonds. The number of nitrogens with two attached hydrogens (primary N) is 1. The summed E-state index contributed by atoms with van der Waals surface area (Å²) in [5.41, 5.74) is 10.6. The van der Waals surface area contributed by atoms with Crippen LogP contribution in [-0.2, 0) is 12.8 Å². The fraction of sp³-hybridized carbons (Fsp3) is 0.438. The minimum Gasteiger partial charge on any atom is -0.327 e. The Balaban J connectivity index is 1.79. The van der Waals surface area contributed by atoms with Gasteiger partial charge in [0.15, 0.2) is 0 Å². The lowest BCUT2D eigenvalue weighted by Gasteiger charge is -2.30. The second-order valence-corrected chi connectivity index (χ2v) is 6.49. The monoisotopic (exact) mass is 272 g/mol. The predicted octanol–water partition coefficient (Wildman–Crippen LogP) is 3.44. The molecular formula is C16H20N2S. The molecule has 2 N–H and O–H groups in total. The van der Waals surface area contributed by atoms with E-state index in [1.54, 1.807) is 11.3 Å². The lowest BCUT2D eigenvalue weighted by atomic mass is 9.78. The summed E-state index contributed by atoms with van der Waals surface area (Å²) in [5.74, 6) is 0.493. The number of hydrogen-bond acceptors (Lipinski definition) is 3. The number of hydrogen-bond donors (Lipinski definition) is 1. The summed E-state index contributed by atoms with van der Waals surface area (Å²) in [5, 5.41) is 3.27. The van der Waals surface area contributed by atoms with Crippen molar-refractivity contribution in [2.75, 3.05) is 0 Å². The smallest absolute Gasteiger partial charge is 0.0897 e. The van der Waals surface area contributed by atoms with E-state index in [-0.39, 0.29) is 6.04 Å². The maximum absolute atomic E-state index is 6.47. The van der Waals surface area contributed by atoms with Gasteiger partial charge in [0.1, 0.15) is 0 Å². The van der Waals surface area contributed by atoms with Gasteiger partial charge in [-0.25, -0.2) is 4.98 Å². The average molecular weight is 272 g/mol. The van der Waals surface area contributed by atoms with Gasteiger partial charge < -0.3 is 5.73 Å². The second-order valence-electron chi connectivity index (χ2n) is 5.42. The van der Waals surface area contributed by atoms with Crippen LogP contribution in [0.5, 0.6) is 0 Å². The Hall–Kier alpha value is -1.19. The van der Waals surface area contributed by atoms with Gasteiger partial charge in [0.2, 0.25) is 0 Å². The van der Waals surface area contributed by atoms with Crippen molar-refractivity contribution in [1.82, 2.24) is 4.98 Å². The summed E-state index contributed by atoms with van der Waals surface area (Å²) in [4.78, 5) is 4.54. The summed E-state index contributed by atoms with van der Waals surface area (Å²) >= 11 is 1.71. The zero-order chi connectivity index (χ0) is 13.2. The number of thiazole rings is 1. The Bertz CT molecular complexity index is 561. The first-order valence-corrected chi connectivity index (χ1v) is 7.86. The molecule has 0 spiro atoms. The predicted molar refractivity (Wildman–Crippen MR) is 80.7 cm³/mol. The van der Waals surface area contributed by atoms with Crippen molar-refractivity contribution in [3.63, 3.8) is 0 Å². The molecule has 2 atom stereocenters. The largest absolute Gasteiger partial charge is 0.327 e. The Labute approximate surface area is 118 Å². The van der Waals surface area contributed by atoms with E-state index in [1.807, 2.05) is 0 Å². The maximum Gasteiger partial charge on any atom is 0.0897 e. The van der Waals surface area contributed by atoms with Gasteiger partial charge in [-0.2, -0.15) is 0 Å². The van der Waals surface area contributed by atoms with E-state index in [2.05, 4.69) is 41.6 Å². The van der Waals surface area contributed by atoms with Gasteiger partial charge in [-0.1, -0.05) is 24.3 Å². The van der Waals surface area contributed by atoms with Crippen LogP contribution < -0.4 is 5.73 Å². The second kappa shape index (κ2) is 5.43. The van der Waals surface area contributed by atoms with Gasteiger partial charge in [-0.3, -0.25) is 0 Å². The van der Waals surface area contributed by atoms with Crippen molar-refractivity contribution in [3.05, 3.63) is 51.5 Å². The lowest BCUT2D eigenvalue weighted by Crippen LogP contribution is -2.33. The number of nitrogens with zero attached hydrogens (tertiary/aromatic N) is 1. The van der Waals surface area contributed by atoms with Crippen LogP contribution in [0, 0.1) is 6.92 Å². The van der Waals surface area contributed by atoms with Crippen LogP contribution in [0.3, 0.4) is 0 Å². The van der Waals surface area contributed by atoms with E-state index < -0.39 is 0 Å². The van der Waals surface area contributed by atoms with E-state index in [1.165, 1.54) is 30.4 Å². The number of fused-ring (bicyclic) bond motifs is 1. The molecule has 0 radical (unpaired) electrons. The fourth-order valence-corrected chi connectivity index (χ4v) is 3.75. The summed E-state index contributed by atoms with van der Waals surface area (Å²) in [7, 11) is 0. The zero-order valence-electron chi connectivity index (χ0n) is 11.3. The van der Waals surface area contributed by atoms with Crippen LogP contribution in [0.2, 0.25) is 0 Å². The quantitative estimate of drug-likeness (QED) is 0.929. The van der Waals surface area contributed by atoms with Crippen LogP contribution in [0.1, 0.15) is 40.6 Å². The zero-order valence-corrected chi connectivity index (χ0v) is 12.1. The van der Waals surface area contributed by atoms with E-state index in [0.717, 1.165) is 17.1 Å². The minimum atomic E-state index is 0.183. The standard InChI is InChI=1S/C16H20N2S/c1-11-18-13(10-19-11)9-16(17)15-8-4-6-12-5-2-3-7-14(12)15/h2-3,5,7,10,15-16H,4,6,8-9,17H2,1H3. The van der Waals surface area contributed by atoms with Crippen molar-refractivity contribution in [2.24, 2.45) is 5.73 Å². The van der Waals surface area contributed by atoms with Crippen molar-refractivity contribution in [1.29, 1.82) is 0 Å². The highest BCUT2D eigenvalue weighted by molar-refractivity contribution is 7.09. The first kappa shape index (κ1) is 12.8. The lowest BCUT2D eigenvalue weighted by molar-refractivity contribution is 0.458. The van der Waals surface area contributed by atoms with Crippen molar-refractivity contribution >= 4 is 11.3 Å². The Morgan fingerprint density at radius 1 is 1.42 bits per heavy atom. The molecule has 2 unspecified atom stereocenters. The highest BCUT2D eigenvalue weighted by atomic mass is 32.1. The van der Waals surface area contributed by atoms with E-state index in [9.17, 15) is 0 Å². The third-order valence-electron chi connectivity index (χ3n) is 4.04. The van der Waals surface area contributed by atoms with Crippen LogP contribution in [0.4, 0.5) is 0 Å². The molecule has 19 heavy (non-hydrogen) atoms. The maximum atomic E-state index is 6.47. The molecule has 0 bridgehead atoms. The number of benzene rings is 1. The molecule has 1 aliphatic carbocycles. The Morgan fingerprint density at radius 3 is 3.05 bits per heavy atom. The molecule has 0 saturated heterocycles. The number of aryl methyl sites for hydroxylation is 2. The van der Waals surface area contributed by atoms with E-state index >= 15 is 0 Å². The molecule has 0 aliphatic heterocycles. The molecule has 3 heteroatoms. The molecule has 3 rings (SSSR count). The topological polar surface area (TPSA) is 38.9 Å². The van der Waals surface area contributed by atoms with E-state index in [0.29, 0.717) is 5.92 Å². The van der Waals surface area contributed by atoms with Crippen LogP contribution in [-0.4, -0.2) is 11.0 Å². The van der Waals surface area contributed by atoms with Crippen LogP contribution >= 0.6 is 11.3 Å². The molecule has 1 heterocycles. The number of rotatable bonds is 3. The molecule has 0 saturated carbocycles. The van der Waals surface area contributed by atoms with Gasteiger partial charge in [0.25, 0.3) is 0 Å². The third kappa shape index (κ3) is 2.72. The highest BCUT2D eigenvalue weighted by Gasteiger charge is 2.25. The fourth-order valence-electron chi connectivity index (χ4n) is 3.12. The first-order valence-electron chi connectivity index (χ1n) is 6.98. The van der Waals surface area contributed by atoms with Gasteiger partial charge in [0, 0.05) is 17.8 Å². The van der Waals surface area contributed by atoms with Gasteiger partial charge in [-0.15, -0.1) is 11.3 Å². The molecular weight excluding hydrogens is 252 g/mol. The highest BCUT2D eigenvalue weighted by Crippen LogP contribution is 2.34. The van der Waals surface area contributed by atoms with Gasteiger partial charge in [0.05, 0.1) is 10.7 Å². The molecule has 1 aromatic carbocycles. The summed E-state index contributed by atoms with van der Waals surface area (Å²) < 4.78 is 0. The van der Waals surface area contributed by atoms with Crippen molar-refractivity contribution in [3.8, 4) is 0 Å². The molecule has 1 aliphatic rings. The number of aromatic nitrogens is 1. The summed E-state index contributed by atoms with van der Waals surface area (Å²) in [6.45, 7) is 2.05. The van der Waals surface area contributed by atoms with Gasteiger partial charge in [-0.05, 0) is 43.2 Å². The SMILES string of the molecule is Cc1nc(CC(N)C2CCCc3ccccc32)cs1. The average Bonchev–Trinajstić information content (AvgIpc) is 2.83. The summed E-state index contributed by atoms with van der Waals surface area (Å²) in [6, 6.07) is 8.96. The van der Waals surface area contributed by atoms with Crippen LogP contribution in [0.15, 0.2) is 29.6 Å². The third-order valence-corrected chi connectivity index (χ3v) is 4.87. The van der Waals surface area contributed by atoms with E-state index in [4.69, 9.17) is 5.73 Å². The van der Waals surface area contributed by atoms with Crippen molar-refractivity contribution < 1.29 is 0 Å². The molecule has 0 fully saturated rings. The minimum absolute atomic E-state index is 0.183. The summed E-state index contributed by atoms with van der Waals surface area (Å²) in [6.07, 6.45) is 4.56.